The van der Waals surface area contributed by atoms with Crippen LogP contribution in [0.25, 0.3) is 5.69 Å². The van der Waals surface area contributed by atoms with Crippen LogP contribution in [0.3, 0.4) is 0 Å². The highest BCUT2D eigenvalue weighted by molar-refractivity contribution is 7.97. The van der Waals surface area contributed by atoms with Gasteiger partial charge in [-0.3, -0.25) is 0 Å². The Kier molecular flexibility index (Phi) is 5.81. The van der Waals surface area contributed by atoms with E-state index in [9.17, 15) is 21.6 Å². The van der Waals surface area contributed by atoms with Crippen LogP contribution in [0.1, 0.15) is 11.3 Å². The number of alkyl halides is 6. The Balaban J connectivity index is 2.83. The second-order valence-corrected chi connectivity index (χ2v) is 10.6. The Bertz CT molecular complexity index is 1050. The molecule has 6 nitrogen and oxygen atoms in total. The normalized spacial score (nSPS) is 12.9. The fourth-order valence-electron chi connectivity index (χ4n) is 1.97. The van der Waals surface area contributed by atoms with Gasteiger partial charge in [-0.05, 0) is 12.1 Å². The molecule has 27 heavy (non-hydrogen) atoms. The van der Waals surface area contributed by atoms with Gasteiger partial charge in [0.2, 0.25) is 9.84 Å². The zero-order valence-corrected chi connectivity index (χ0v) is 16.9. The topological polar surface area (TPSA) is 102 Å². The maximum Gasteiger partial charge on any atom is 0.416 e. The first-order valence-electron chi connectivity index (χ1n) is 6.29. The zero-order chi connectivity index (χ0) is 20.9. The minimum absolute atomic E-state index is 0.397. The Morgan fingerprint density at radius 1 is 1.15 bits per heavy atom. The molecule has 0 fully saturated rings. The van der Waals surface area contributed by atoms with E-state index in [2.05, 4.69) is 5.10 Å². The van der Waals surface area contributed by atoms with Crippen molar-refractivity contribution in [2.75, 3.05) is 5.73 Å². The zero-order valence-electron chi connectivity index (χ0n) is 12.3. The van der Waals surface area contributed by atoms with E-state index in [0.717, 1.165) is 0 Å². The minimum Gasteiger partial charge on any atom is -0.382 e. The molecule has 0 amide bonds. The number of hydrogen-bond donors (Lipinski definition) is 1. The van der Waals surface area contributed by atoms with E-state index in [4.69, 9.17) is 69.0 Å². The molecule has 0 saturated heterocycles. The molecule has 0 radical (unpaired) electrons. The monoisotopic (exact) mass is 500 g/mol. The molecule has 0 saturated carbocycles. The van der Waals surface area contributed by atoms with Gasteiger partial charge in [0.05, 0.1) is 15.6 Å². The van der Waals surface area contributed by atoms with Crippen LogP contribution in [-0.4, -0.2) is 21.3 Å². The summed E-state index contributed by atoms with van der Waals surface area (Å²) in [6.45, 7) is 0. The number of nitriles is 1. The summed E-state index contributed by atoms with van der Waals surface area (Å²) < 4.78 is 60.9. The lowest BCUT2D eigenvalue weighted by molar-refractivity contribution is -0.137. The summed E-state index contributed by atoms with van der Waals surface area (Å²) in [6.07, 6.45) is -4.75. The van der Waals surface area contributed by atoms with Crippen LogP contribution >= 0.6 is 58.0 Å². The van der Waals surface area contributed by atoms with Crippen molar-refractivity contribution in [2.45, 2.75) is 14.2 Å². The first kappa shape index (κ1) is 22.2. The first-order valence-corrected chi connectivity index (χ1v) is 9.66. The van der Waals surface area contributed by atoms with Gasteiger partial charge in [-0.15, -0.1) is 0 Å². The third kappa shape index (κ3) is 3.90. The van der Waals surface area contributed by atoms with Crippen molar-refractivity contribution < 1.29 is 21.6 Å². The van der Waals surface area contributed by atoms with E-state index in [1.54, 1.807) is 0 Å². The van der Waals surface area contributed by atoms with Crippen LogP contribution < -0.4 is 5.73 Å². The number of halogens is 8. The third-order valence-electron chi connectivity index (χ3n) is 3.11. The number of nitrogens with two attached hydrogens (primary N) is 1. The highest BCUT2D eigenvalue weighted by Gasteiger charge is 2.44. The SMILES string of the molecule is N#Cc1nn(-c2c(Cl)cc(C(F)(F)F)cc2Cl)c(N)c1S(=O)(=O)C(Cl)(Cl)Cl. The standard InChI is InChI=1S/C12H4Cl5F3N4O2S/c13-5-1-4(11(18,19)20)2-6(14)8(5)24-10(22)9(7(3-21)23-24)27(25,26)12(15,16)17/h1-2H,22H2. The van der Waals surface area contributed by atoms with Gasteiger partial charge in [-0.25, -0.2) is 13.1 Å². The summed E-state index contributed by atoms with van der Waals surface area (Å²) in [7, 11) is -4.79. The van der Waals surface area contributed by atoms with E-state index in [-0.39, 0.29) is 0 Å². The van der Waals surface area contributed by atoms with Crippen molar-refractivity contribution >= 4 is 73.7 Å². The molecular formula is C12H4Cl5F3N4O2S. The van der Waals surface area contributed by atoms with Gasteiger partial charge in [0.15, 0.2) is 10.6 Å². The Morgan fingerprint density at radius 2 is 1.63 bits per heavy atom. The Hall–Kier alpha value is -1.09. The average Bonchev–Trinajstić information content (AvgIpc) is 2.81. The van der Waals surface area contributed by atoms with Crippen molar-refractivity contribution in [3.05, 3.63) is 33.4 Å². The molecule has 1 aromatic carbocycles. The fraction of sp³-hybridized carbons (Fsp3) is 0.167. The minimum atomic E-state index is -4.79. The predicted molar refractivity (Wildman–Crippen MR) is 95.2 cm³/mol. The van der Waals surface area contributed by atoms with Crippen LogP contribution in [0.15, 0.2) is 17.0 Å². The number of nitrogens with zero attached hydrogens (tertiary/aromatic N) is 3. The quantitative estimate of drug-likeness (QED) is 0.597. The molecule has 0 spiro atoms. The third-order valence-corrected chi connectivity index (χ3v) is 7.07. The first-order chi connectivity index (χ1) is 12.1. The highest BCUT2D eigenvalue weighted by Crippen LogP contribution is 2.43. The lowest BCUT2D eigenvalue weighted by Crippen LogP contribution is -2.21. The highest BCUT2D eigenvalue weighted by atomic mass is 35.6. The number of aromatic nitrogens is 2. The van der Waals surface area contributed by atoms with Gasteiger partial charge < -0.3 is 5.73 Å². The number of hydrogen-bond acceptors (Lipinski definition) is 5. The number of anilines is 1. The summed E-state index contributed by atoms with van der Waals surface area (Å²) in [5, 5.41) is 11.6. The van der Waals surface area contributed by atoms with E-state index < -0.39 is 56.8 Å². The average molecular weight is 503 g/mol. The smallest absolute Gasteiger partial charge is 0.382 e. The summed E-state index contributed by atoms with van der Waals surface area (Å²) >= 11 is 27.9. The van der Waals surface area contributed by atoms with Gasteiger partial charge in [0, 0.05) is 0 Å². The molecule has 15 heteroatoms. The summed E-state index contributed by atoms with van der Waals surface area (Å²) in [6, 6.07) is 2.50. The van der Waals surface area contributed by atoms with Crippen LogP contribution in [-0.2, 0) is 16.0 Å². The number of rotatable bonds is 2. The van der Waals surface area contributed by atoms with Gasteiger partial charge >= 0.3 is 6.18 Å². The van der Waals surface area contributed by atoms with Gasteiger partial charge in [0.1, 0.15) is 17.6 Å². The Labute approximate surface area is 175 Å². The molecule has 1 aromatic heterocycles. The molecule has 1 heterocycles. The van der Waals surface area contributed by atoms with Crippen LogP contribution in [0, 0.1) is 11.3 Å². The molecule has 0 aliphatic heterocycles. The van der Waals surface area contributed by atoms with Gasteiger partial charge in [-0.2, -0.15) is 23.5 Å². The summed E-state index contributed by atoms with van der Waals surface area (Å²) in [5.41, 5.74) is 3.38. The van der Waals surface area contributed by atoms with E-state index >= 15 is 0 Å². The molecule has 146 valence electrons. The fourth-order valence-corrected chi connectivity index (χ4v) is 4.25. The van der Waals surface area contributed by atoms with Crippen LogP contribution in [0.5, 0.6) is 0 Å². The van der Waals surface area contributed by atoms with Crippen molar-refractivity contribution in [1.29, 1.82) is 5.26 Å². The van der Waals surface area contributed by atoms with Crippen molar-refractivity contribution in [1.82, 2.24) is 9.78 Å². The second kappa shape index (κ2) is 7.06. The molecular weight excluding hydrogens is 498 g/mol. The molecule has 2 aromatic rings. The summed E-state index contributed by atoms with van der Waals surface area (Å²) in [4.78, 5) is -0.933. The maximum atomic E-state index is 12.8. The van der Waals surface area contributed by atoms with E-state index in [0.29, 0.717) is 16.8 Å². The summed E-state index contributed by atoms with van der Waals surface area (Å²) in [5.74, 6) is -0.735. The molecule has 0 aliphatic rings. The predicted octanol–water partition coefficient (Wildman–Crippen LogP) is 4.75. The lowest BCUT2D eigenvalue weighted by Gasteiger charge is -2.14. The van der Waals surface area contributed by atoms with Crippen LogP contribution in [0.4, 0.5) is 19.0 Å². The van der Waals surface area contributed by atoms with Crippen molar-refractivity contribution in [3.8, 4) is 11.8 Å². The molecule has 0 aliphatic carbocycles. The van der Waals surface area contributed by atoms with E-state index in [1.165, 1.54) is 6.07 Å². The molecule has 2 rings (SSSR count). The van der Waals surface area contributed by atoms with Crippen molar-refractivity contribution in [3.63, 3.8) is 0 Å². The molecule has 0 bridgehead atoms. The van der Waals surface area contributed by atoms with Gasteiger partial charge in [-0.1, -0.05) is 58.0 Å². The van der Waals surface area contributed by atoms with Crippen molar-refractivity contribution in [2.24, 2.45) is 0 Å². The number of sulfone groups is 1. The molecule has 2 N–H and O–H groups in total. The number of nitrogen functional groups attached to an aromatic ring is 1. The molecule has 0 atom stereocenters. The lowest BCUT2D eigenvalue weighted by atomic mass is 10.2. The van der Waals surface area contributed by atoms with Gasteiger partial charge in [0.25, 0.3) is 3.12 Å². The molecule has 0 unspecified atom stereocenters. The largest absolute Gasteiger partial charge is 0.416 e. The Morgan fingerprint density at radius 3 is 2.00 bits per heavy atom. The second-order valence-electron chi connectivity index (χ2n) is 4.82. The maximum absolute atomic E-state index is 12.8. The number of benzene rings is 1. The van der Waals surface area contributed by atoms with E-state index in [1.807, 2.05) is 0 Å². The van der Waals surface area contributed by atoms with Crippen LogP contribution in [0.2, 0.25) is 10.0 Å².